The van der Waals surface area contributed by atoms with Gasteiger partial charge in [-0.15, -0.1) is 5.10 Å². The monoisotopic (exact) mass is 371 g/mol. The van der Waals surface area contributed by atoms with Crippen molar-refractivity contribution in [3.05, 3.63) is 70.8 Å². The molecule has 0 aliphatic carbocycles. The number of nitriles is 2. The van der Waals surface area contributed by atoms with E-state index in [0.717, 1.165) is 11.1 Å². The van der Waals surface area contributed by atoms with Crippen molar-refractivity contribution >= 4 is 24.3 Å². The van der Waals surface area contributed by atoms with Gasteiger partial charge in [-0.3, -0.25) is 10.1 Å². The van der Waals surface area contributed by atoms with Gasteiger partial charge in [-0.05, 0) is 35.4 Å². The summed E-state index contributed by atoms with van der Waals surface area (Å²) < 4.78 is 0. The van der Waals surface area contributed by atoms with E-state index in [-0.39, 0.29) is 18.3 Å². The third kappa shape index (κ3) is 6.54. The maximum atomic E-state index is 11.6. The van der Waals surface area contributed by atoms with Crippen molar-refractivity contribution in [3.63, 3.8) is 0 Å². The number of nitrogens with zero attached hydrogens (tertiary/aromatic N) is 5. The summed E-state index contributed by atoms with van der Waals surface area (Å²) in [6, 6.07) is 17.7. The molecule has 0 atom stereocenters. The van der Waals surface area contributed by atoms with Gasteiger partial charge >= 0.3 is 0 Å². The minimum absolute atomic E-state index is 0.0710. The Morgan fingerprint density at radius 1 is 0.964 bits per heavy atom. The van der Waals surface area contributed by atoms with Crippen LogP contribution in [-0.4, -0.2) is 24.3 Å². The quantitative estimate of drug-likeness (QED) is 0.475. The molecule has 0 aliphatic heterocycles. The highest BCUT2D eigenvalue weighted by atomic mass is 16.1. The van der Waals surface area contributed by atoms with Crippen molar-refractivity contribution < 1.29 is 4.79 Å². The van der Waals surface area contributed by atoms with Gasteiger partial charge in [0.2, 0.25) is 11.9 Å². The topological polar surface area (TPSA) is 126 Å². The van der Waals surface area contributed by atoms with Crippen LogP contribution in [0.4, 0.5) is 0 Å². The fourth-order valence-corrected chi connectivity index (χ4v) is 1.90. The Morgan fingerprint density at radius 2 is 1.50 bits per heavy atom. The maximum absolute atomic E-state index is 11.6. The summed E-state index contributed by atoms with van der Waals surface area (Å²) >= 11 is 0. The number of hydrogen-bond donors (Lipinski definition) is 2. The zero-order valence-electron chi connectivity index (χ0n) is 15.1. The molecule has 0 aromatic heterocycles. The van der Waals surface area contributed by atoms with E-state index in [9.17, 15) is 4.79 Å². The van der Waals surface area contributed by atoms with Crippen molar-refractivity contribution in [1.82, 2.24) is 10.7 Å². The first-order chi connectivity index (χ1) is 13.6. The van der Waals surface area contributed by atoms with E-state index in [0.29, 0.717) is 11.1 Å². The van der Waals surface area contributed by atoms with E-state index in [1.807, 2.05) is 12.1 Å². The molecule has 2 aromatic carbocycles. The van der Waals surface area contributed by atoms with Gasteiger partial charge in [0.1, 0.15) is 0 Å². The van der Waals surface area contributed by atoms with Crippen molar-refractivity contribution in [1.29, 1.82) is 10.5 Å². The Kier molecular flexibility index (Phi) is 7.60. The van der Waals surface area contributed by atoms with Crippen LogP contribution < -0.4 is 10.7 Å². The second-order valence-electron chi connectivity index (χ2n) is 5.43. The molecule has 8 heteroatoms. The summed E-state index contributed by atoms with van der Waals surface area (Å²) in [5.74, 6) is -0.171. The Balaban J connectivity index is 2.06. The van der Waals surface area contributed by atoms with E-state index in [1.165, 1.54) is 12.4 Å². The summed E-state index contributed by atoms with van der Waals surface area (Å²) in [6.45, 7) is 1.72. The number of carbonyl (C=O) groups is 1. The van der Waals surface area contributed by atoms with E-state index in [1.54, 1.807) is 55.5 Å². The summed E-state index contributed by atoms with van der Waals surface area (Å²) in [5.41, 5.74) is 5.27. The van der Waals surface area contributed by atoms with Crippen molar-refractivity contribution in [3.8, 4) is 12.1 Å². The Hall–Kier alpha value is -4.30. The summed E-state index contributed by atoms with van der Waals surface area (Å²) in [6.07, 6.45) is 3.30. The molecule has 138 valence electrons. The molecule has 0 unspecified atom stereocenters. The number of hydrazone groups is 1. The number of benzene rings is 2. The predicted octanol–water partition coefficient (Wildman–Crippen LogP) is 2.27. The van der Waals surface area contributed by atoms with Crippen molar-refractivity contribution in [2.24, 2.45) is 15.3 Å². The zero-order valence-corrected chi connectivity index (χ0v) is 15.1. The highest BCUT2D eigenvalue weighted by Gasteiger charge is 2.02. The van der Waals surface area contributed by atoms with Crippen molar-refractivity contribution in [2.75, 3.05) is 0 Å². The Bertz CT molecular complexity index is 975. The third-order valence-electron chi connectivity index (χ3n) is 3.41. The smallest absolute Gasteiger partial charge is 0.243 e. The third-order valence-corrected chi connectivity index (χ3v) is 3.41. The van der Waals surface area contributed by atoms with Crippen LogP contribution in [0.3, 0.4) is 0 Å². The van der Waals surface area contributed by atoms with E-state index < -0.39 is 0 Å². The van der Waals surface area contributed by atoms with Gasteiger partial charge in [-0.25, -0.2) is 5.43 Å². The van der Waals surface area contributed by atoms with E-state index >= 15 is 0 Å². The molecule has 28 heavy (non-hydrogen) atoms. The van der Waals surface area contributed by atoms with Crippen LogP contribution in [0.25, 0.3) is 0 Å². The molecule has 2 N–H and O–H groups in total. The van der Waals surface area contributed by atoms with E-state index in [4.69, 9.17) is 10.5 Å². The van der Waals surface area contributed by atoms with Gasteiger partial charge in [0.05, 0.1) is 35.7 Å². The molecular weight excluding hydrogens is 354 g/mol. The number of hydrogen-bond acceptors (Lipinski definition) is 6. The normalized spacial score (nSPS) is 11.2. The predicted molar refractivity (Wildman–Crippen MR) is 107 cm³/mol. The highest BCUT2D eigenvalue weighted by molar-refractivity contribution is 5.97. The molecule has 1 amide bonds. The standard InChI is InChI=1S/C20H17N7O/c1-2-19(28)25-20(26-23-13-17-7-3-15(11-21)4-8-17)27-24-14-18-9-5-16(12-22)6-10-18/h3-10,13-14H,2H2,1H3,(H2,25,26,27,28). The van der Waals surface area contributed by atoms with Crippen LogP contribution >= 0.6 is 0 Å². The van der Waals surface area contributed by atoms with E-state index in [2.05, 4.69) is 26.0 Å². The number of carbonyl (C=O) groups excluding carboxylic acids is 1. The average molecular weight is 371 g/mol. The fraction of sp³-hybridized carbons (Fsp3) is 0.100. The molecular formula is C20H17N7O. The summed E-state index contributed by atoms with van der Waals surface area (Å²) in [7, 11) is 0. The molecule has 2 rings (SSSR count). The Labute approximate surface area is 162 Å². The molecule has 0 saturated carbocycles. The molecule has 0 saturated heterocycles. The largest absolute Gasteiger partial charge is 0.294 e. The van der Waals surface area contributed by atoms with Crippen LogP contribution in [0.1, 0.15) is 35.6 Å². The summed E-state index contributed by atoms with van der Waals surface area (Å²) in [5, 5.41) is 32.0. The van der Waals surface area contributed by atoms with Gasteiger partial charge in [0, 0.05) is 6.42 Å². The lowest BCUT2D eigenvalue weighted by atomic mass is 10.2. The maximum Gasteiger partial charge on any atom is 0.243 e. The average Bonchev–Trinajstić information content (AvgIpc) is 2.74. The Morgan fingerprint density at radius 3 is 2.00 bits per heavy atom. The minimum Gasteiger partial charge on any atom is -0.294 e. The number of amides is 1. The van der Waals surface area contributed by atoms with Crippen molar-refractivity contribution in [2.45, 2.75) is 13.3 Å². The van der Waals surface area contributed by atoms with Crippen LogP contribution in [0.15, 0.2) is 63.8 Å². The number of guanidine groups is 1. The summed E-state index contributed by atoms with van der Waals surface area (Å²) in [4.78, 5) is 11.6. The molecule has 2 aromatic rings. The van der Waals surface area contributed by atoms with Gasteiger partial charge in [0.25, 0.3) is 0 Å². The molecule has 0 heterocycles. The molecule has 0 spiro atoms. The number of nitrogens with one attached hydrogen (secondary N) is 2. The first kappa shape index (κ1) is 20.0. The van der Waals surface area contributed by atoms with Gasteiger partial charge in [-0.1, -0.05) is 31.2 Å². The first-order valence-electron chi connectivity index (χ1n) is 8.35. The van der Waals surface area contributed by atoms with Crippen LogP contribution in [0, 0.1) is 22.7 Å². The molecule has 0 bridgehead atoms. The molecule has 0 fully saturated rings. The van der Waals surface area contributed by atoms with Gasteiger partial charge < -0.3 is 0 Å². The SMILES string of the molecule is CCC(=O)NC(=NN=Cc1ccc(C#N)cc1)NN=Cc1ccc(C#N)cc1. The first-order valence-corrected chi connectivity index (χ1v) is 8.35. The van der Waals surface area contributed by atoms with Crippen LogP contribution in [-0.2, 0) is 4.79 Å². The van der Waals surface area contributed by atoms with Gasteiger partial charge in [0.15, 0.2) is 0 Å². The zero-order chi connectivity index (χ0) is 20.2. The number of rotatable bonds is 5. The van der Waals surface area contributed by atoms with Crippen LogP contribution in [0.2, 0.25) is 0 Å². The lowest BCUT2D eigenvalue weighted by Gasteiger charge is -2.04. The highest BCUT2D eigenvalue weighted by Crippen LogP contribution is 2.01. The second kappa shape index (κ2) is 10.6. The second-order valence-corrected chi connectivity index (χ2v) is 5.43. The lowest BCUT2D eigenvalue weighted by molar-refractivity contribution is -0.119. The lowest BCUT2D eigenvalue weighted by Crippen LogP contribution is -2.38. The molecule has 8 nitrogen and oxygen atoms in total. The van der Waals surface area contributed by atoms with Crippen LogP contribution in [0.5, 0.6) is 0 Å². The molecule has 0 radical (unpaired) electrons. The molecule has 0 aliphatic rings. The fourth-order valence-electron chi connectivity index (χ4n) is 1.90. The minimum atomic E-state index is -0.242. The van der Waals surface area contributed by atoms with Gasteiger partial charge in [-0.2, -0.15) is 20.7 Å².